The number of piperidine rings is 1. The summed E-state index contributed by atoms with van der Waals surface area (Å²) in [4.78, 5) is 24.3. The lowest BCUT2D eigenvalue weighted by molar-refractivity contribution is -0.384. The van der Waals surface area contributed by atoms with E-state index in [0.29, 0.717) is 47.2 Å². The number of ether oxygens (including phenoxy) is 4. The Hall–Kier alpha value is -4.53. The highest BCUT2D eigenvalue weighted by molar-refractivity contribution is 6.30. The number of esters is 1. The Morgan fingerprint density at radius 2 is 1.68 bits per heavy atom. The number of fused-ring (bicyclic) bond motifs is 1. The number of alkyl halides is 3. The highest BCUT2D eigenvalue weighted by Gasteiger charge is 2.57. The summed E-state index contributed by atoms with van der Waals surface area (Å²) in [6.07, 6.45) is -3.09. The number of hydrogen-bond acceptors (Lipinski definition) is 9. The van der Waals surface area contributed by atoms with Crippen molar-refractivity contribution in [1.29, 1.82) is 0 Å². The molecule has 0 aliphatic carbocycles. The van der Waals surface area contributed by atoms with Crippen LogP contribution in [-0.2, 0) is 21.6 Å². The van der Waals surface area contributed by atoms with Gasteiger partial charge < -0.3 is 28.6 Å². The number of carbonyl (C=O) groups is 1. The lowest BCUT2D eigenvalue weighted by Gasteiger charge is -2.39. The van der Waals surface area contributed by atoms with E-state index in [1.807, 2.05) is 0 Å². The smallest absolute Gasteiger partial charge is 0.422 e. The van der Waals surface area contributed by atoms with E-state index in [0.717, 1.165) is 11.6 Å². The second-order valence-corrected chi connectivity index (χ2v) is 12.4. The van der Waals surface area contributed by atoms with Crippen LogP contribution in [0.3, 0.4) is 0 Å². The van der Waals surface area contributed by atoms with Gasteiger partial charge in [-0.25, -0.2) is 0 Å². The molecule has 50 heavy (non-hydrogen) atoms. The number of benzene rings is 3. The van der Waals surface area contributed by atoms with Gasteiger partial charge in [0.15, 0.2) is 11.5 Å². The number of nitro benzene ring substituents is 1. The zero-order valence-electron chi connectivity index (χ0n) is 27.7. The molecule has 4 aromatic rings. The van der Waals surface area contributed by atoms with Crippen LogP contribution in [0.1, 0.15) is 37.3 Å². The molecule has 1 saturated heterocycles. The van der Waals surface area contributed by atoms with Crippen LogP contribution in [0, 0.1) is 10.1 Å². The number of likely N-dealkylation sites (tertiary alicyclic amines) is 1. The van der Waals surface area contributed by atoms with Gasteiger partial charge in [0.2, 0.25) is 11.4 Å². The number of halogens is 4. The lowest BCUT2D eigenvalue weighted by Crippen LogP contribution is -2.53. The monoisotopic (exact) mass is 719 g/mol. The standard InChI is InChI=1S/C35H37ClF3N3O8/c1-4-49-32(43)12-5-22-17-30(47-2)33(31(18-22)48-3)50-26-13-15-40(16-14-26)21-34(44,35(37,38)39)28-20-41(24-8-6-23(36)7-9-24)29-19-25(42(45)46)10-11-27(28)29/h6-11,17-20,26,44H,4-5,12-16,21H2,1-3H3. The Morgan fingerprint density at radius 3 is 2.24 bits per heavy atom. The Morgan fingerprint density at radius 1 is 1.04 bits per heavy atom. The molecule has 0 bridgehead atoms. The molecule has 0 radical (unpaired) electrons. The van der Waals surface area contributed by atoms with Crippen LogP contribution < -0.4 is 14.2 Å². The second-order valence-electron chi connectivity index (χ2n) is 11.9. The molecule has 1 fully saturated rings. The Labute approximate surface area is 291 Å². The Balaban J connectivity index is 1.37. The molecule has 0 saturated carbocycles. The summed E-state index contributed by atoms with van der Waals surface area (Å²) >= 11 is 6.02. The molecule has 1 aliphatic heterocycles. The van der Waals surface area contributed by atoms with Crippen molar-refractivity contribution < 1.29 is 46.9 Å². The minimum absolute atomic E-state index is 0.0217. The summed E-state index contributed by atoms with van der Waals surface area (Å²) in [5.41, 5.74) is -2.76. The number of aliphatic hydroxyl groups is 1. The van der Waals surface area contributed by atoms with Crippen molar-refractivity contribution in [3.63, 3.8) is 0 Å². The number of methoxy groups -OCH3 is 2. The predicted octanol–water partition coefficient (Wildman–Crippen LogP) is 7.00. The molecule has 5 rings (SSSR count). The van der Waals surface area contributed by atoms with Crippen LogP contribution in [0.2, 0.25) is 5.02 Å². The van der Waals surface area contributed by atoms with Crippen molar-refractivity contribution in [3.05, 3.63) is 87.1 Å². The van der Waals surface area contributed by atoms with Crippen molar-refractivity contribution in [2.24, 2.45) is 0 Å². The summed E-state index contributed by atoms with van der Waals surface area (Å²) in [7, 11) is 2.94. The van der Waals surface area contributed by atoms with E-state index in [-0.39, 0.29) is 48.7 Å². The summed E-state index contributed by atoms with van der Waals surface area (Å²) in [6.45, 7) is 1.59. The van der Waals surface area contributed by atoms with Crippen LogP contribution in [0.15, 0.2) is 60.8 Å². The molecule has 0 spiro atoms. The molecule has 0 amide bonds. The van der Waals surface area contributed by atoms with E-state index in [4.69, 9.17) is 30.5 Å². The van der Waals surface area contributed by atoms with Gasteiger partial charge in [0.25, 0.3) is 5.69 Å². The Bertz CT molecular complexity index is 1820. The highest BCUT2D eigenvalue weighted by atomic mass is 35.5. The molecule has 2 heterocycles. The van der Waals surface area contributed by atoms with Gasteiger partial charge in [-0.3, -0.25) is 19.8 Å². The number of carbonyl (C=O) groups excluding carboxylic acids is 1. The van der Waals surface area contributed by atoms with E-state index in [9.17, 15) is 33.2 Å². The van der Waals surface area contributed by atoms with E-state index < -0.39 is 34.9 Å². The van der Waals surface area contributed by atoms with E-state index >= 15 is 0 Å². The normalized spacial score (nSPS) is 15.4. The number of aromatic nitrogens is 1. The van der Waals surface area contributed by atoms with E-state index in [1.54, 1.807) is 43.3 Å². The first-order chi connectivity index (χ1) is 23.8. The van der Waals surface area contributed by atoms with Gasteiger partial charge in [0.1, 0.15) is 6.10 Å². The number of hydrogen-bond donors (Lipinski definition) is 1. The molecule has 3 aromatic carbocycles. The third-order valence-electron chi connectivity index (χ3n) is 8.73. The van der Waals surface area contributed by atoms with Gasteiger partial charge in [-0.15, -0.1) is 0 Å². The van der Waals surface area contributed by atoms with Gasteiger partial charge in [0, 0.05) is 66.0 Å². The van der Waals surface area contributed by atoms with Crippen molar-refractivity contribution in [1.82, 2.24) is 9.47 Å². The number of β-amino-alcohol motifs (C(OH)–C–C–N with tert-alkyl or cyclic N) is 1. The molecule has 1 N–H and O–H groups in total. The van der Waals surface area contributed by atoms with Crippen molar-refractivity contribution in [2.45, 2.75) is 50.5 Å². The van der Waals surface area contributed by atoms with Gasteiger partial charge in [-0.05, 0) is 74.2 Å². The first kappa shape index (κ1) is 36.7. The molecule has 11 nitrogen and oxygen atoms in total. The van der Waals surface area contributed by atoms with Crippen LogP contribution in [0.4, 0.5) is 18.9 Å². The third-order valence-corrected chi connectivity index (χ3v) is 8.99. The molecule has 268 valence electrons. The molecular formula is C35H37ClF3N3O8. The van der Waals surface area contributed by atoms with Crippen LogP contribution in [-0.4, -0.2) is 78.2 Å². The number of rotatable bonds is 13. The van der Waals surface area contributed by atoms with Gasteiger partial charge >= 0.3 is 12.1 Å². The topological polar surface area (TPSA) is 126 Å². The quantitative estimate of drug-likeness (QED) is 0.0884. The molecule has 1 aliphatic rings. The molecular weight excluding hydrogens is 683 g/mol. The number of aryl methyl sites for hydroxylation is 1. The average Bonchev–Trinajstić information content (AvgIpc) is 3.48. The maximum absolute atomic E-state index is 15.0. The minimum Gasteiger partial charge on any atom is -0.493 e. The summed E-state index contributed by atoms with van der Waals surface area (Å²) < 4.78 is 68.6. The lowest BCUT2D eigenvalue weighted by atomic mass is 9.91. The van der Waals surface area contributed by atoms with Gasteiger partial charge in [-0.1, -0.05) is 11.6 Å². The molecule has 1 aromatic heterocycles. The number of non-ortho nitro benzene ring substituents is 1. The fourth-order valence-corrected chi connectivity index (χ4v) is 6.28. The summed E-state index contributed by atoms with van der Waals surface area (Å²) in [5, 5.41) is 23.6. The minimum atomic E-state index is -5.10. The fourth-order valence-electron chi connectivity index (χ4n) is 6.15. The number of nitro groups is 1. The number of nitrogens with zero attached hydrogens (tertiary/aromatic N) is 3. The summed E-state index contributed by atoms with van der Waals surface area (Å²) in [5.74, 6) is 0.777. The van der Waals surface area contributed by atoms with Crippen LogP contribution in [0.25, 0.3) is 16.6 Å². The third kappa shape index (κ3) is 7.77. The van der Waals surface area contributed by atoms with E-state index in [2.05, 4.69) is 0 Å². The Kier molecular flexibility index (Phi) is 11.1. The maximum atomic E-state index is 15.0. The van der Waals surface area contributed by atoms with Crippen LogP contribution in [0.5, 0.6) is 17.2 Å². The second kappa shape index (κ2) is 15.2. The zero-order chi connectivity index (χ0) is 36.2. The van der Waals surface area contributed by atoms with E-state index in [1.165, 1.54) is 42.0 Å². The molecule has 1 unspecified atom stereocenters. The SMILES string of the molecule is CCOC(=O)CCc1cc(OC)c(OC2CCN(CC(O)(c3cn(-c4ccc(Cl)cc4)c4cc([N+](=O)[O-])ccc34)C(F)(F)F)CC2)c(OC)c1. The predicted molar refractivity (Wildman–Crippen MR) is 179 cm³/mol. The van der Waals surface area contributed by atoms with Crippen molar-refractivity contribution in [2.75, 3.05) is 40.5 Å². The zero-order valence-corrected chi connectivity index (χ0v) is 28.4. The van der Waals surface area contributed by atoms with Crippen LogP contribution >= 0.6 is 11.6 Å². The first-order valence-electron chi connectivity index (χ1n) is 15.9. The summed E-state index contributed by atoms with van der Waals surface area (Å²) in [6, 6.07) is 13.3. The maximum Gasteiger partial charge on any atom is 0.422 e. The average molecular weight is 720 g/mol. The van der Waals surface area contributed by atoms with Gasteiger partial charge in [-0.2, -0.15) is 13.2 Å². The van der Waals surface area contributed by atoms with Crippen molar-refractivity contribution >= 4 is 34.2 Å². The first-order valence-corrected chi connectivity index (χ1v) is 16.3. The fraction of sp³-hybridized carbons (Fsp3) is 0.400. The molecule has 15 heteroatoms. The molecule has 1 atom stereocenters. The largest absolute Gasteiger partial charge is 0.493 e. The van der Waals surface area contributed by atoms with Crippen molar-refractivity contribution in [3.8, 4) is 22.9 Å². The van der Waals surface area contributed by atoms with Gasteiger partial charge in [0.05, 0.1) is 31.3 Å². The highest BCUT2D eigenvalue weighted by Crippen LogP contribution is 2.45.